The Bertz CT molecular complexity index is 423. The van der Waals surface area contributed by atoms with Crippen LogP contribution in [0.3, 0.4) is 0 Å². The number of esters is 2. The van der Waals surface area contributed by atoms with Crippen molar-refractivity contribution in [3.63, 3.8) is 0 Å². The summed E-state index contributed by atoms with van der Waals surface area (Å²) in [5.41, 5.74) is 8.64. The monoisotopic (exact) mass is 301 g/mol. The molecule has 0 unspecified atom stereocenters. The molecule has 0 radical (unpaired) electrons. The molecule has 1 aliphatic heterocycles. The number of ether oxygens (including phenoxy) is 4. The SMILES string of the molecule is CCO[C@H]1C[C@@H](N=[N+]=[N-])[C@H](OC(C)=O)[C@@H](COC(C)=O)O1. The minimum Gasteiger partial charge on any atom is -0.463 e. The smallest absolute Gasteiger partial charge is 0.303 e. The van der Waals surface area contributed by atoms with E-state index in [1.807, 2.05) is 0 Å². The highest BCUT2D eigenvalue weighted by Crippen LogP contribution is 2.26. The quantitative estimate of drug-likeness (QED) is 0.316. The first kappa shape index (κ1) is 17.2. The van der Waals surface area contributed by atoms with Gasteiger partial charge in [-0.1, -0.05) is 5.11 Å². The second-order valence-electron chi connectivity index (χ2n) is 4.44. The fraction of sp³-hybridized carbons (Fsp3) is 0.833. The van der Waals surface area contributed by atoms with Gasteiger partial charge in [-0.3, -0.25) is 9.59 Å². The molecule has 1 saturated heterocycles. The molecular weight excluding hydrogens is 282 g/mol. The summed E-state index contributed by atoms with van der Waals surface area (Å²) < 4.78 is 21.0. The van der Waals surface area contributed by atoms with Gasteiger partial charge in [-0.15, -0.1) is 0 Å². The second-order valence-corrected chi connectivity index (χ2v) is 4.44. The summed E-state index contributed by atoms with van der Waals surface area (Å²) in [7, 11) is 0. The van der Waals surface area contributed by atoms with Crippen LogP contribution in [0.4, 0.5) is 0 Å². The van der Waals surface area contributed by atoms with Gasteiger partial charge in [0.15, 0.2) is 6.29 Å². The first-order valence-corrected chi connectivity index (χ1v) is 6.59. The lowest BCUT2D eigenvalue weighted by Crippen LogP contribution is -2.52. The van der Waals surface area contributed by atoms with E-state index in [9.17, 15) is 9.59 Å². The number of nitrogens with zero attached hydrogens (tertiary/aromatic N) is 3. The predicted octanol–water partition coefficient (Wildman–Crippen LogP) is 1.31. The molecule has 118 valence electrons. The van der Waals surface area contributed by atoms with Crippen molar-refractivity contribution in [3.05, 3.63) is 10.4 Å². The van der Waals surface area contributed by atoms with E-state index in [-0.39, 0.29) is 13.0 Å². The standard InChI is InChI=1S/C12H19N3O6/c1-4-18-11-5-9(14-15-13)12(20-8(3)17)10(21-11)6-19-7(2)16/h9-12H,4-6H2,1-3H3/t9-,10-,11-,12+/m1/s1. The van der Waals surface area contributed by atoms with Gasteiger partial charge in [-0.05, 0) is 12.5 Å². The Morgan fingerprint density at radius 1 is 1.38 bits per heavy atom. The van der Waals surface area contributed by atoms with Gasteiger partial charge in [0.25, 0.3) is 0 Å². The molecule has 0 aromatic heterocycles. The maximum absolute atomic E-state index is 11.2. The molecule has 0 amide bonds. The van der Waals surface area contributed by atoms with Gasteiger partial charge >= 0.3 is 11.9 Å². The van der Waals surface area contributed by atoms with E-state index in [1.54, 1.807) is 6.92 Å². The molecule has 1 heterocycles. The lowest BCUT2D eigenvalue weighted by atomic mass is 9.99. The first-order valence-electron chi connectivity index (χ1n) is 6.59. The van der Waals surface area contributed by atoms with E-state index in [0.29, 0.717) is 6.61 Å². The third-order valence-corrected chi connectivity index (χ3v) is 2.81. The Balaban J connectivity index is 2.89. The van der Waals surface area contributed by atoms with Crippen LogP contribution < -0.4 is 0 Å². The van der Waals surface area contributed by atoms with Gasteiger partial charge in [0.1, 0.15) is 18.8 Å². The largest absolute Gasteiger partial charge is 0.463 e. The molecule has 0 bridgehead atoms. The predicted molar refractivity (Wildman–Crippen MR) is 70.0 cm³/mol. The Kier molecular flexibility index (Phi) is 6.93. The number of azide groups is 1. The molecule has 1 aliphatic rings. The Morgan fingerprint density at radius 3 is 2.62 bits per heavy atom. The van der Waals surface area contributed by atoms with E-state index >= 15 is 0 Å². The van der Waals surface area contributed by atoms with Crippen molar-refractivity contribution in [2.24, 2.45) is 5.11 Å². The molecule has 0 aromatic carbocycles. The van der Waals surface area contributed by atoms with Gasteiger partial charge < -0.3 is 18.9 Å². The molecule has 21 heavy (non-hydrogen) atoms. The van der Waals surface area contributed by atoms with Crippen LogP contribution in [0.25, 0.3) is 10.4 Å². The third kappa shape index (κ3) is 5.58. The minimum absolute atomic E-state index is 0.117. The van der Waals surface area contributed by atoms with Crippen molar-refractivity contribution in [1.82, 2.24) is 0 Å². The van der Waals surface area contributed by atoms with Crippen LogP contribution in [-0.2, 0) is 28.5 Å². The maximum Gasteiger partial charge on any atom is 0.303 e. The number of carbonyl (C=O) groups is 2. The Morgan fingerprint density at radius 2 is 2.10 bits per heavy atom. The van der Waals surface area contributed by atoms with Gasteiger partial charge in [0.2, 0.25) is 0 Å². The van der Waals surface area contributed by atoms with Crippen LogP contribution in [-0.4, -0.2) is 49.7 Å². The molecule has 0 aliphatic carbocycles. The fourth-order valence-electron chi connectivity index (χ4n) is 2.06. The van der Waals surface area contributed by atoms with Crippen molar-refractivity contribution >= 4 is 11.9 Å². The lowest BCUT2D eigenvalue weighted by molar-refractivity contribution is -0.241. The van der Waals surface area contributed by atoms with Gasteiger partial charge in [-0.25, -0.2) is 0 Å². The molecule has 0 spiro atoms. The van der Waals surface area contributed by atoms with Crippen molar-refractivity contribution in [1.29, 1.82) is 0 Å². The number of hydrogen-bond acceptors (Lipinski definition) is 7. The third-order valence-electron chi connectivity index (χ3n) is 2.81. The van der Waals surface area contributed by atoms with Crippen LogP contribution in [0.1, 0.15) is 27.2 Å². The van der Waals surface area contributed by atoms with Crippen molar-refractivity contribution in [2.75, 3.05) is 13.2 Å². The topological polar surface area (TPSA) is 120 Å². The molecular formula is C12H19N3O6. The normalized spacial score (nSPS) is 28.3. The summed E-state index contributed by atoms with van der Waals surface area (Å²) in [5.74, 6) is -1.02. The average molecular weight is 301 g/mol. The molecule has 0 aromatic rings. The van der Waals surface area contributed by atoms with Crippen LogP contribution in [0.15, 0.2) is 5.11 Å². The first-order chi connectivity index (χ1) is 9.97. The molecule has 1 rings (SSSR count). The highest BCUT2D eigenvalue weighted by molar-refractivity contribution is 5.66. The summed E-state index contributed by atoms with van der Waals surface area (Å²) >= 11 is 0. The van der Waals surface area contributed by atoms with Crippen LogP contribution >= 0.6 is 0 Å². The molecule has 4 atom stereocenters. The van der Waals surface area contributed by atoms with Crippen molar-refractivity contribution in [2.45, 2.75) is 51.7 Å². The lowest BCUT2D eigenvalue weighted by Gasteiger charge is -2.38. The zero-order chi connectivity index (χ0) is 15.8. The number of carbonyl (C=O) groups excluding carboxylic acids is 2. The molecule has 9 heteroatoms. The van der Waals surface area contributed by atoms with Crippen molar-refractivity contribution in [3.8, 4) is 0 Å². The summed E-state index contributed by atoms with van der Waals surface area (Å²) in [4.78, 5) is 24.9. The molecule has 1 fully saturated rings. The van der Waals surface area contributed by atoms with E-state index < -0.39 is 36.5 Å². The average Bonchev–Trinajstić information content (AvgIpc) is 2.39. The Labute approximate surface area is 122 Å². The summed E-state index contributed by atoms with van der Waals surface area (Å²) in [6.45, 7) is 4.59. The second kappa shape index (κ2) is 8.46. The van der Waals surface area contributed by atoms with Gasteiger partial charge in [-0.2, -0.15) is 0 Å². The van der Waals surface area contributed by atoms with Crippen LogP contribution in [0.5, 0.6) is 0 Å². The minimum atomic E-state index is -0.825. The summed E-state index contributed by atoms with van der Waals surface area (Å²) in [6.07, 6.45) is -1.93. The van der Waals surface area contributed by atoms with Gasteiger partial charge in [0, 0.05) is 31.8 Å². The van der Waals surface area contributed by atoms with E-state index in [2.05, 4.69) is 10.0 Å². The van der Waals surface area contributed by atoms with Crippen LogP contribution in [0, 0.1) is 0 Å². The summed E-state index contributed by atoms with van der Waals surface area (Å²) in [5, 5.41) is 3.63. The molecule has 9 nitrogen and oxygen atoms in total. The van der Waals surface area contributed by atoms with Crippen LogP contribution in [0.2, 0.25) is 0 Å². The molecule has 0 saturated carbocycles. The van der Waals surface area contributed by atoms with E-state index in [0.717, 1.165) is 0 Å². The van der Waals surface area contributed by atoms with E-state index in [1.165, 1.54) is 13.8 Å². The number of rotatable bonds is 6. The highest BCUT2D eigenvalue weighted by Gasteiger charge is 2.41. The fourth-order valence-corrected chi connectivity index (χ4v) is 2.06. The zero-order valence-corrected chi connectivity index (χ0v) is 12.2. The van der Waals surface area contributed by atoms with Gasteiger partial charge in [0.05, 0.1) is 6.04 Å². The van der Waals surface area contributed by atoms with E-state index in [4.69, 9.17) is 24.5 Å². The number of hydrogen-bond donors (Lipinski definition) is 0. The molecule has 0 N–H and O–H groups in total. The Hall–Kier alpha value is -1.83. The zero-order valence-electron chi connectivity index (χ0n) is 12.2. The summed E-state index contributed by atoms with van der Waals surface area (Å²) in [6, 6.07) is -0.648. The maximum atomic E-state index is 11.2. The highest BCUT2D eigenvalue weighted by atomic mass is 16.7. The van der Waals surface area contributed by atoms with Crippen molar-refractivity contribution < 1.29 is 28.5 Å².